The van der Waals surface area contributed by atoms with Gasteiger partial charge in [-0.3, -0.25) is 14.9 Å². The summed E-state index contributed by atoms with van der Waals surface area (Å²) in [6.45, 7) is 3.69. The predicted molar refractivity (Wildman–Crippen MR) is 97.7 cm³/mol. The lowest BCUT2D eigenvalue weighted by atomic mass is 9.96. The molecule has 1 saturated carbocycles. The SMILES string of the molecule is CCCc1cc(=O)[nH]c(S[C@@H](C)C(=O)NC(=O)NC2CCCCC2)n1. The van der Waals surface area contributed by atoms with E-state index < -0.39 is 17.2 Å². The minimum Gasteiger partial charge on any atom is -0.335 e. The summed E-state index contributed by atoms with van der Waals surface area (Å²) >= 11 is 1.14. The van der Waals surface area contributed by atoms with Crippen LogP contribution in [0.2, 0.25) is 0 Å². The van der Waals surface area contributed by atoms with E-state index in [1.165, 1.54) is 12.5 Å². The van der Waals surface area contributed by atoms with Gasteiger partial charge in [-0.15, -0.1) is 0 Å². The van der Waals surface area contributed by atoms with Gasteiger partial charge in [0.1, 0.15) is 0 Å². The van der Waals surface area contributed by atoms with Crippen molar-refractivity contribution < 1.29 is 9.59 Å². The van der Waals surface area contributed by atoms with Crippen molar-refractivity contribution in [1.29, 1.82) is 0 Å². The van der Waals surface area contributed by atoms with Crippen molar-refractivity contribution in [2.24, 2.45) is 0 Å². The van der Waals surface area contributed by atoms with Crippen molar-refractivity contribution in [3.05, 3.63) is 22.1 Å². The van der Waals surface area contributed by atoms with E-state index in [1.54, 1.807) is 6.92 Å². The van der Waals surface area contributed by atoms with Crippen LogP contribution < -0.4 is 16.2 Å². The molecule has 0 bridgehead atoms. The Morgan fingerprint density at radius 3 is 2.76 bits per heavy atom. The van der Waals surface area contributed by atoms with Gasteiger partial charge >= 0.3 is 6.03 Å². The predicted octanol–water partition coefficient (Wildman–Crippen LogP) is 2.36. The van der Waals surface area contributed by atoms with Crippen LogP contribution in [0.3, 0.4) is 0 Å². The molecule has 1 atom stereocenters. The first-order valence-electron chi connectivity index (χ1n) is 8.86. The number of carbonyl (C=O) groups excluding carboxylic acids is 2. The number of nitrogens with one attached hydrogen (secondary N) is 3. The van der Waals surface area contributed by atoms with Crippen molar-refractivity contribution >= 4 is 23.7 Å². The van der Waals surface area contributed by atoms with E-state index in [0.717, 1.165) is 43.9 Å². The Hall–Kier alpha value is -1.83. The molecular formula is C17H26N4O3S. The number of aromatic nitrogens is 2. The second-order valence-electron chi connectivity index (χ2n) is 6.35. The number of nitrogens with zero attached hydrogens (tertiary/aromatic N) is 1. The average molecular weight is 366 g/mol. The molecule has 1 heterocycles. The molecule has 3 amide bonds. The van der Waals surface area contributed by atoms with Gasteiger partial charge < -0.3 is 10.3 Å². The van der Waals surface area contributed by atoms with Gasteiger partial charge in [-0.05, 0) is 26.2 Å². The highest BCUT2D eigenvalue weighted by molar-refractivity contribution is 8.00. The number of imide groups is 1. The summed E-state index contributed by atoms with van der Waals surface area (Å²) in [4.78, 5) is 42.8. The van der Waals surface area contributed by atoms with Gasteiger partial charge in [-0.2, -0.15) is 0 Å². The maximum atomic E-state index is 12.2. The van der Waals surface area contributed by atoms with Crippen molar-refractivity contribution in [3.63, 3.8) is 0 Å². The highest BCUT2D eigenvalue weighted by Gasteiger charge is 2.21. The third-order valence-corrected chi connectivity index (χ3v) is 5.10. The number of aromatic amines is 1. The van der Waals surface area contributed by atoms with Gasteiger partial charge in [0, 0.05) is 17.8 Å². The minimum absolute atomic E-state index is 0.147. The molecule has 0 aliphatic heterocycles. The molecule has 0 aromatic carbocycles. The van der Waals surface area contributed by atoms with Crippen LogP contribution in [-0.4, -0.2) is 33.2 Å². The number of rotatable bonds is 6. The zero-order valence-corrected chi connectivity index (χ0v) is 15.6. The second kappa shape index (κ2) is 9.60. The second-order valence-corrected chi connectivity index (χ2v) is 7.68. The van der Waals surface area contributed by atoms with Crippen LogP contribution in [0.15, 0.2) is 16.0 Å². The maximum Gasteiger partial charge on any atom is 0.321 e. The Kier molecular flexibility index (Phi) is 7.49. The van der Waals surface area contributed by atoms with Gasteiger partial charge in [0.25, 0.3) is 5.56 Å². The standard InChI is InChI=1S/C17H26N4O3S/c1-3-7-13-10-14(22)20-17(19-13)25-11(2)15(23)21-16(24)18-12-8-5-4-6-9-12/h10-12H,3-9H2,1-2H3,(H,19,20,22)(H2,18,21,23,24)/t11-/m0/s1. The largest absolute Gasteiger partial charge is 0.335 e. The monoisotopic (exact) mass is 366 g/mol. The highest BCUT2D eigenvalue weighted by Crippen LogP contribution is 2.19. The Morgan fingerprint density at radius 1 is 1.36 bits per heavy atom. The first-order chi connectivity index (χ1) is 12.0. The van der Waals surface area contributed by atoms with E-state index in [4.69, 9.17) is 0 Å². The first kappa shape index (κ1) is 19.5. The zero-order chi connectivity index (χ0) is 18.2. The van der Waals surface area contributed by atoms with Crippen LogP contribution in [0.4, 0.5) is 4.79 Å². The summed E-state index contributed by atoms with van der Waals surface area (Å²) in [5.74, 6) is -0.401. The van der Waals surface area contributed by atoms with E-state index in [-0.39, 0.29) is 11.6 Å². The van der Waals surface area contributed by atoms with Crippen LogP contribution in [-0.2, 0) is 11.2 Å². The Morgan fingerprint density at radius 2 is 2.08 bits per heavy atom. The molecule has 8 heteroatoms. The van der Waals surface area contributed by atoms with Crippen LogP contribution in [0.1, 0.15) is 58.1 Å². The summed E-state index contributed by atoms with van der Waals surface area (Å²) < 4.78 is 0. The van der Waals surface area contributed by atoms with Crippen molar-refractivity contribution in [1.82, 2.24) is 20.6 Å². The van der Waals surface area contributed by atoms with Crippen LogP contribution >= 0.6 is 11.8 Å². The van der Waals surface area contributed by atoms with E-state index >= 15 is 0 Å². The van der Waals surface area contributed by atoms with E-state index in [2.05, 4.69) is 20.6 Å². The van der Waals surface area contributed by atoms with Gasteiger partial charge in [0.2, 0.25) is 5.91 Å². The highest BCUT2D eigenvalue weighted by atomic mass is 32.2. The number of hydrogen-bond acceptors (Lipinski definition) is 5. The van der Waals surface area contributed by atoms with Crippen molar-refractivity contribution in [3.8, 4) is 0 Å². The number of hydrogen-bond donors (Lipinski definition) is 3. The van der Waals surface area contributed by atoms with Crippen LogP contribution in [0.5, 0.6) is 0 Å². The quantitative estimate of drug-likeness (QED) is 0.530. The molecule has 3 N–H and O–H groups in total. The van der Waals surface area contributed by atoms with Crippen molar-refractivity contribution in [2.45, 2.75) is 75.2 Å². The lowest BCUT2D eigenvalue weighted by Crippen LogP contribution is -2.47. The lowest BCUT2D eigenvalue weighted by Gasteiger charge is -2.23. The fourth-order valence-electron chi connectivity index (χ4n) is 2.83. The number of aryl methyl sites for hydroxylation is 1. The number of urea groups is 1. The molecule has 25 heavy (non-hydrogen) atoms. The van der Waals surface area contributed by atoms with Gasteiger partial charge in [0.15, 0.2) is 5.16 Å². The Bertz CT molecular complexity index is 656. The number of H-pyrrole nitrogens is 1. The smallest absolute Gasteiger partial charge is 0.321 e. The summed E-state index contributed by atoms with van der Waals surface area (Å²) in [6, 6.07) is 1.16. The van der Waals surface area contributed by atoms with Crippen LogP contribution in [0.25, 0.3) is 0 Å². The molecule has 1 fully saturated rings. The van der Waals surface area contributed by atoms with Crippen LogP contribution in [0, 0.1) is 0 Å². The molecule has 0 spiro atoms. The molecule has 138 valence electrons. The number of amides is 3. The Labute approximate surface area is 151 Å². The third-order valence-electron chi connectivity index (χ3n) is 4.11. The molecule has 1 aromatic rings. The summed E-state index contributed by atoms with van der Waals surface area (Å²) in [6.07, 6.45) is 6.94. The number of carbonyl (C=O) groups is 2. The molecule has 7 nitrogen and oxygen atoms in total. The molecule has 2 rings (SSSR count). The molecular weight excluding hydrogens is 340 g/mol. The topological polar surface area (TPSA) is 104 Å². The molecule has 0 radical (unpaired) electrons. The average Bonchev–Trinajstić information content (AvgIpc) is 2.55. The fourth-order valence-corrected chi connectivity index (χ4v) is 3.66. The normalized spacial score (nSPS) is 16.2. The maximum absolute atomic E-state index is 12.2. The minimum atomic E-state index is -0.544. The summed E-state index contributed by atoms with van der Waals surface area (Å²) in [7, 11) is 0. The fraction of sp³-hybridized carbons (Fsp3) is 0.647. The molecule has 0 unspecified atom stereocenters. The molecule has 0 saturated heterocycles. The van der Waals surface area contributed by atoms with E-state index in [0.29, 0.717) is 17.3 Å². The lowest BCUT2D eigenvalue weighted by molar-refractivity contribution is -0.119. The summed E-state index contributed by atoms with van der Waals surface area (Å²) in [5.41, 5.74) is 0.472. The van der Waals surface area contributed by atoms with Crippen molar-refractivity contribution in [2.75, 3.05) is 0 Å². The van der Waals surface area contributed by atoms with Gasteiger partial charge in [-0.25, -0.2) is 9.78 Å². The van der Waals surface area contributed by atoms with Gasteiger partial charge in [0.05, 0.1) is 5.25 Å². The summed E-state index contributed by atoms with van der Waals surface area (Å²) in [5, 5.41) is 5.07. The molecule has 1 aliphatic rings. The molecule has 1 aromatic heterocycles. The first-order valence-corrected chi connectivity index (χ1v) is 9.74. The number of thioether (sulfide) groups is 1. The van der Waals surface area contributed by atoms with Gasteiger partial charge in [-0.1, -0.05) is 44.4 Å². The molecule has 1 aliphatic carbocycles. The zero-order valence-electron chi connectivity index (χ0n) is 14.8. The van der Waals surface area contributed by atoms with E-state index in [1.807, 2.05) is 6.92 Å². The Balaban J connectivity index is 1.87. The van der Waals surface area contributed by atoms with E-state index in [9.17, 15) is 14.4 Å². The third kappa shape index (κ3) is 6.53.